The molecule has 8 heteroatoms. The number of benzene rings is 1. The van der Waals surface area contributed by atoms with Crippen LogP contribution in [0.1, 0.15) is 55.2 Å². The Kier molecular flexibility index (Phi) is 5.36. The number of halogens is 1. The Morgan fingerprint density at radius 2 is 2.09 bits per heavy atom. The zero-order chi connectivity index (χ0) is 23.4. The van der Waals surface area contributed by atoms with Crippen LogP contribution in [0, 0.1) is 11.2 Å². The van der Waals surface area contributed by atoms with Gasteiger partial charge in [-0.1, -0.05) is 39.0 Å². The molecule has 1 aliphatic rings. The topological polar surface area (TPSA) is 84.8 Å². The van der Waals surface area contributed by atoms with E-state index in [9.17, 15) is 14.7 Å². The maximum Gasteiger partial charge on any atom is 0.341 e. The van der Waals surface area contributed by atoms with Crippen LogP contribution in [-0.2, 0) is 6.42 Å². The number of aromatic nitrogens is 1. The predicted molar refractivity (Wildman–Crippen MR) is 126 cm³/mol. The molecule has 3 aromatic rings. The van der Waals surface area contributed by atoms with Crippen molar-refractivity contribution in [2.24, 2.45) is 9.81 Å². The molecule has 0 saturated heterocycles. The van der Waals surface area contributed by atoms with Crippen molar-refractivity contribution in [3.63, 3.8) is 0 Å². The van der Waals surface area contributed by atoms with E-state index >= 15 is 4.39 Å². The number of rotatable bonds is 4. The van der Waals surface area contributed by atoms with E-state index in [1.165, 1.54) is 18.1 Å². The smallest absolute Gasteiger partial charge is 0.341 e. The van der Waals surface area contributed by atoms with Crippen LogP contribution in [0.2, 0.25) is 0 Å². The van der Waals surface area contributed by atoms with E-state index in [-0.39, 0.29) is 22.9 Å². The molecule has 0 aliphatic carbocycles. The second-order valence-electron chi connectivity index (χ2n) is 8.96. The first-order valence-electron chi connectivity index (χ1n) is 10.1. The highest BCUT2D eigenvalue weighted by atomic mass is 32.2. The first-order chi connectivity index (χ1) is 15.1. The summed E-state index contributed by atoms with van der Waals surface area (Å²) in [4.78, 5) is 24.1. The van der Waals surface area contributed by atoms with E-state index in [4.69, 9.17) is 4.42 Å². The Morgan fingerprint density at radius 3 is 2.72 bits per heavy atom. The minimum atomic E-state index is -1.45. The highest BCUT2D eigenvalue weighted by Crippen LogP contribution is 2.47. The molecule has 6 nitrogen and oxygen atoms in total. The molecule has 0 amide bonds. The maximum atomic E-state index is 15.4. The number of hydrogen-bond acceptors (Lipinski definition) is 5. The van der Waals surface area contributed by atoms with Gasteiger partial charge in [0.2, 0.25) is 5.43 Å². The normalized spacial score (nSPS) is 16.0. The molecule has 1 aliphatic heterocycles. The van der Waals surface area contributed by atoms with Crippen LogP contribution in [0.15, 0.2) is 43.4 Å². The molecule has 32 heavy (non-hydrogen) atoms. The summed E-state index contributed by atoms with van der Waals surface area (Å²) in [6, 6.07) is 5.46. The molecule has 2 aromatic heterocycles. The average Bonchev–Trinajstić information content (AvgIpc) is 3.11. The zero-order valence-electron chi connectivity index (χ0n) is 18.2. The Morgan fingerprint density at radius 1 is 1.38 bits per heavy atom. The van der Waals surface area contributed by atoms with Crippen LogP contribution in [0.3, 0.4) is 0 Å². The van der Waals surface area contributed by atoms with Gasteiger partial charge in [0.1, 0.15) is 16.8 Å². The van der Waals surface area contributed by atoms with Crippen molar-refractivity contribution >= 4 is 41.2 Å². The number of allylic oxidation sites excluding steroid dienone is 1. The number of aromatic carboxylic acids is 1. The largest absolute Gasteiger partial charge is 0.477 e. The Hall–Kier alpha value is -3.13. The third kappa shape index (κ3) is 3.39. The summed E-state index contributed by atoms with van der Waals surface area (Å²) in [7, 11) is 0. The Labute approximate surface area is 188 Å². The van der Waals surface area contributed by atoms with Gasteiger partial charge in [-0.25, -0.2) is 13.6 Å². The molecule has 4 rings (SSSR count). The molecule has 3 heterocycles. The van der Waals surface area contributed by atoms with Gasteiger partial charge in [-0.15, -0.1) is 0 Å². The van der Waals surface area contributed by atoms with Gasteiger partial charge in [0.25, 0.3) is 0 Å². The van der Waals surface area contributed by atoms with Crippen LogP contribution >= 0.6 is 11.9 Å². The lowest BCUT2D eigenvalue weighted by atomic mass is 9.79. The fourth-order valence-corrected chi connectivity index (χ4v) is 4.65. The molecule has 1 N–H and O–H groups in total. The number of fused-ring (bicyclic) bond motifs is 5. The molecule has 166 valence electrons. The molecule has 1 atom stereocenters. The minimum absolute atomic E-state index is 0.00732. The molecular weight excluding hydrogens is 431 g/mol. The Bertz CT molecular complexity index is 1360. The fourth-order valence-electron chi connectivity index (χ4n) is 4.29. The number of carbonyl (C=O) groups is 1. The third-order valence-corrected chi connectivity index (χ3v) is 6.51. The van der Waals surface area contributed by atoms with Crippen molar-refractivity contribution in [1.82, 2.24) is 4.57 Å². The van der Waals surface area contributed by atoms with Gasteiger partial charge in [0.05, 0.1) is 0 Å². The summed E-state index contributed by atoms with van der Waals surface area (Å²) in [5.41, 5.74) is 1.06. The number of pyridine rings is 1. The lowest BCUT2D eigenvalue weighted by molar-refractivity contribution is 0.0692. The molecule has 0 spiro atoms. The van der Waals surface area contributed by atoms with E-state index in [1.807, 2.05) is 51.3 Å². The van der Waals surface area contributed by atoms with Gasteiger partial charge in [0, 0.05) is 40.7 Å². The van der Waals surface area contributed by atoms with Crippen molar-refractivity contribution in [2.45, 2.75) is 40.2 Å². The van der Waals surface area contributed by atoms with Crippen molar-refractivity contribution < 1.29 is 18.7 Å². The molecular formula is C24H23FN2O4S. The monoisotopic (exact) mass is 454 g/mol. The van der Waals surface area contributed by atoms with E-state index < -0.39 is 22.8 Å². The molecule has 1 aromatic carbocycles. The number of para-hydroxylation sites is 1. The number of furan rings is 1. The van der Waals surface area contributed by atoms with Crippen LogP contribution in [0.4, 0.5) is 4.39 Å². The molecule has 0 saturated carbocycles. The van der Waals surface area contributed by atoms with Crippen LogP contribution in [0.5, 0.6) is 0 Å². The SMILES string of the molecule is C=NS/C=C(\C)c1cccc2c3c(oc12)-c1c(F)c(=O)c(C(=O)O)cn1[C@H](C(C)(C)C)C3. The standard InChI is InChI=1S/C24H23FN2O4S/c1-12(11-32-26-5)13-7-6-8-14-15-9-17(24(2,3)4)27-10-16(23(29)30)20(28)18(25)19(27)22(15)31-21(13)14/h6-8,10-11,17H,5,9H2,1-4H3,(H,29,30)/b12-11+/t17-/m0/s1. The summed E-state index contributed by atoms with van der Waals surface area (Å²) in [5.74, 6) is -2.30. The summed E-state index contributed by atoms with van der Waals surface area (Å²) in [5, 5.41) is 12.1. The van der Waals surface area contributed by atoms with E-state index in [2.05, 4.69) is 11.1 Å². The van der Waals surface area contributed by atoms with Crippen molar-refractivity contribution in [1.29, 1.82) is 0 Å². The van der Waals surface area contributed by atoms with Crippen LogP contribution in [-0.4, -0.2) is 22.4 Å². The second-order valence-corrected chi connectivity index (χ2v) is 9.66. The number of carboxylic acid groups (broad SMARTS) is 1. The van der Waals surface area contributed by atoms with Crippen molar-refractivity contribution in [3.05, 3.63) is 62.5 Å². The minimum Gasteiger partial charge on any atom is -0.477 e. The highest BCUT2D eigenvalue weighted by molar-refractivity contribution is 8.01. The predicted octanol–water partition coefficient (Wildman–Crippen LogP) is 5.95. The molecule has 0 unspecified atom stereocenters. The van der Waals surface area contributed by atoms with Gasteiger partial charge in [-0.05, 0) is 36.5 Å². The third-order valence-electron chi connectivity index (χ3n) is 5.90. The van der Waals surface area contributed by atoms with Crippen LogP contribution < -0.4 is 5.43 Å². The van der Waals surface area contributed by atoms with E-state index in [0.29, 0.717) is 12.0 Å². The lowest BCUT2D eigenvalue weighted by Crippen LogP contribution is -2.34. The quantitative estimate of drug-likeness (QED) is 0.389. The maximum absolute atomic E-state index is 15.4. The first-order valence-corrected chi connectivity index (χ1v) is 10.9. The highest BCUT2D eigenvalue weighted by Gasteiger charge is 2.38. The molecule has 0 bridgehead atoms. The summed E-state index contributed by atoms with van der Waals surface area (Å²) in [6.45, 7) is 11.4. The summed E-state index contributed by atoms with van der Waals surface area (Å²) in [6.07, 6.45) is 1.75. The van der Waals surface area contributed by atoms with Gasteiger partial charge in [-0.2, -0.15) is 0 Å². The lowest BCUT2D eigenvalue weighted by Gasteiger charge is -2.37. The summed E-state index contributed by atoms with van der Waals surface area (Å²) >= 11 is 1.20. The number of nitrogens with zero attached hydrogens (tertiary/aromatic N) is 2. The average molecular weight is 455 g/mol. The van der Waals surface area contributed by atoms with E-state index in [0.717, 1.165) is 22.1 Å². The Balaban J connectivity index is 2.08. The van der Waals surface area contributed by atoms with Crippen molar-refractivity contribution in [3.8, 4) is 11.5 Å². The molecule has 0 fully saturated rings. The van der Waals surface area contributed by atoms with Crippen LogP contribution in [0.25, 0.3) is 28.0 Å². The van der Waals surface area contributed by atoms with Crippen molar-refractivity contribution in [2.75, 3.05) is 0 Å². The van der Waals surface area contributed by atoms with Gasteiger partial charge >= 0.3 is 5.97 Å². The first kappa shape index (κ1) is 22.1. The van der Waals surface area contributed by atoms with Gasteiger partial charge in [-0.3, -0.25) is 4.79 Å². The summed E-state index contributed by atoms with van der Waals surface area (Å²) < 4.78 is 27.0. The number of carboxylic acids is 1. The molecule has 0 radical (unpaired) electrons. The second kappa shape index (κ2) is 7.78. The zero-order valence-corrected chi connectivity index (χ0v) is 19.0. The fraction of sp³-hybridized carbons (Fsp3) is 0.292. The van der Waals surface area contributed by atoms with E-state index in [1.54, 1.807) is 4.57 Å². The number of hydrogen-bond donors (Lipinski definition) is 1. The van der Waals surface area contributed by atoms with Gasteiger partial charge < -0.3 is 14.1 Å². The van der Waals surface area contributed by atoms with Gasteiger partial charge in [0.15, 0.2) is 11.6 Å².